The number of nitro groups is 1. The molecule has 100 valence electrons. The molecule has 0 saturated carbocycles. The molecular weight excluding hydrogens is 263 g/mol. The molecule has 0 amide bonds. The molecule has 0 atom stereocenters. The molecule has 0 fully saturated rings. The van der Waals surface area contributed by atoms with Gasteiger partial charge in [-0.3, -0.25) is 10.1 Å². The molecule has 2 aromatic carbocycles. The van der Waals surface area contributed by atoms with Gasteiger partial charge in [0.2, 0.25) is 0 Å². The molecule has 5 nitrogen and oxygen atoms in total. The van der Waals surface area contributed by atoms with Crippen LogP contribution in [0, 0.1) is 27.3 Å². The molecule has 0 N–H and O–H groups in total. The summed E-state index contributed by atoms with van der Waals surface area (Å²) in [5, 5.41) is 19.5. The van der Waals surface area contributed by atoms with Gasteiger partial charge in [0, 0.05) is 11.6 Å². The molecule has 0 aliphatic heterocycles. The summed E-state index contributed by atoms with van der Waals surface area (Å²) in [6.45, 7) is -0.188. The van der Waals surface area contributed by atoms with Crippen molar-refractivity contribution in [3.05, 3.63) is 69.5 Å². The highest BCUT2D eigenvalue weighted by Crippen LogP contribution is 2.27. The summed E-state index contributed by atoms with van der Waals surface area (Å²) in [4.78, 5) is 10.2. The molecule has 6 heteroatoms. The van der Waals surface area contributed by atoms with Gasteiger partial charge in [-0.2, -0.15) is 5.26 Å². The number of para-hydroxylation sites is 2. The summed E-state index contributed by atoms with van der Waals surface area (Å²) < 4.78 is 19.1. The quantitative estimate of drug-likeness (QED) is 0.632. The van der Waals surface area contributed by atoms with Gasteiger partial charge in [0.05, 0.1) is 10.5 Å². The van der Waals surface area contributed by atoms with Crippen LogP contribution in [0.5, 0.6) is 5.75 Å². The Morgan fingerprint density at radius 3 is 2.70 bits per heavy atom. The number of nitro benzene ring substituents is 1. The minimum Gasteiger partial charge on any atom is -0.482 e. The molecule has 2 aromatic rings. The first-order chi connectivity index (χ1) is 9.63. The topological polar surface area (TPSA) is 76.2 Å². The second-order valence-electron chi connectivity index (χ2n) is 3.90. The normalized spacial score (nSPS) is 9.80. The van der Waals surface area contributed by atoms with Gasteiger partial charge in [-0.1, -0.05) is 24.3 Å². The highest BCUT2D eigenvalue weighted by atomic mass is 19.1. The summed E-state index contributed by atoms with van der Waals surface area (Å²) in [5.41, 5.74) is -0.111. The molecule has 0 radical (unpaired) electrons. The minimum absolute atomic E-state index is 0.0549. The Balaban J connectivity index is 2.22. The van der Waals surface area contributed by atoms with Crippen LogP contribution in [0.3, 0.4) is 0 Å². The van der Waals surface area contributed by atoms with Crippen molar-refractivity contribution in [2.24, 2.45) is 0 Å². The molecule has 0 spiro atoms. The molecule has 20 heavy (non-hydrogen) atoms. The zero-order valence-corrected chi connectivity index (χ0v) is 10.2. The number of benzene rings is 2. The van der Waals surface area contributed by atoms with Crippen molar-refractivity contribution in [3.63, 3.8) is 0 Å². The van der Waals surface area contributed by atoms with E-state index in [1.54, 1.807) is 12.1 Å². The first-order valence-corrected chi connectivity index (χ1v) is 5.67. The predicted molar refractivity (Wildman–Crippen MR) is 68.5 cm³/mol. The van der Waals surface area contributed by atoms with Gasteiger partial charge in [-0.25, -0.2) is 4.39 Å². The average Bonchev–Trinajstić information content (AvgIpc) is 2.46. The first kappa shape index (κ1) is 13.5. The number of hydrogen-bond acceptors (Lipinski definition) is 4. The van der Waals surface area contributed by atoms with Crippen LogP contribution < -0.4 is 4.74 Å². The van der Waals surface area contributed by atoms with E-state index >= 15 is 0 Å². The largest absolute Gasteiger partial charge is 0.482 e. The van der Waals surface area contributed by atoms with Crippen molar-refractivity contribution < 1.29 is 14.1 Å². The fourth-order valence-electron chi connectivity index (χ4n) is 1.66. The number of rotatable bonds is 4. The van der Waals surface area contributed by atoms with Crippen LogP contribution in [0.1, 0.15) is 11.1 Å². The number of ether oxygens (including phenoxy) is 1. The smallest absolute Gasteiger partial charge is 0.310 e. The summed E-state index contributed by atoms with van der Waals surface area (Å²) in [5.74, 6) is -0.618. The van der Waals surface area contributed by atoms with Crippen LogP contribution in [0.2, 0.25) is 0 Å². The van der Waals surface area contributed by atoms with Crippen molar-refractivity contribution in [3.8, 4) is 11.8 Å². The zero-order valence-electron chi connectivity index (χ0n) is 10.2. The minimum atomic E-state index is -0.673. The fourth-order valence-corrected chi connectivity index (χ4v) is 1.66. The number of nitriles is 1. The van der Waals surface area contributed by atoms with Gasteiger partial charge in [0.25, 0.3) is 0 Å². The van der Waals surface area contributed by atoms with Crippen LogP contribution in [0.4, 0.5) is 10.1 Å². The third kappa shape index (κ3) is 2.72. The summed E-state index contributed by atoms with van der Waals surface area (Å²) >= 11 is 0. The van der Waals surface area contributed by atoms with Gasteiger partial charge in [-0.05, 0) is 12.1 Å². The van der Waals surface area contributed by atoms with E-state index in [1.807, 2.05) is 0 Å². The van der Waals surface area contributed by atoms with E-state index in [0.29, 0.717) is 0 Å². The van der Waals surface area contributed by atoms with Gasteiger partial charge in [0.1, 0.15) is 18.5 Å². The molecule has 0 aliphatic rings. The Hall–Kier alpha value is -2.94. The van der Waals surface area contributed by atoms with Crippen LogP contribution >= 0.6 is 0 Å². The van der Waals surface area contributed by atoms with Crippen LogP contribution in [0.25, 0.3) is 0 Å². The Morgan fingerprint density at radius 2 is 2.00 bits per heavy atom. The summed E-state index contributed by atoms with van der Waals surface area (Å²) in [6, 6.07) is 11.9. The monoisotopic (exact) mass is 272 g/mol. The first-order valence-electron chi connectivity index (χ1n) is 5.67. The number of hydrogen-bond donors (Lipinski definition) is 0. The fraction of sp³-hybridized carbons (Fsp3) is 0.0714. The molecule has 0 unspecified atom stereocenters. The van der Waals surface area contributed by atoms with Gasteiger partial charge >= 0.3 is 5.69 Å². The van der Waals surface area contributed by atoms with E-state index in [0.717, 1.165) is 0 Å². The predicted octanol–water partition coefficient (Wildman–Crippen LogP) is 3.18. The Bertz CT molecular complexity index is 695. The van der Waals surface area contributed by atoms with Crippen molar-refractivity contribution >= 4 is 5.69 Å². The van der Waals surface area contributed by atoms with E-state index in [2.05, 4.69) is 0 Å². The number of nitrogens with zero attached hydrogens (tertiary/aromatic N) is 2. The van der Waals surface area contributed by atoms with Crippen molar-refractivity contribution in [2.75, 3.05) is 0 Å². The third-order valence-electron chi connectivity index (χ3n) is 2.64. The van der Waals surface area contributed by atoms with Crippen molar-refractivity contribution in [1.29, 1.82) is 5.26 Å². The molecule has 0 aliphatic carbocycles. The highest BCUT2D eigenvalue weighted by molar-refractivity contribution is 5.46. The second-order valence-corrected chi connectivity index (χ2v) is 3.90. The third-order valence-corrected chi connectivity index (χ3v) is 2.64. The molecule has 2 rings (SSSR count). The number of halogens is 1. The van der Waals surface area contributed by atoms with E-state index < -0.39 is 10.7 Å². The average molecular weight is 272 g/mol. The van der Waals surface area contributed by atoms with Crippen LogP contribution in [-0.4, -0.2) is 4.92 Å². The Labute approximate surface area is 114 Å². The van der Waals surface area contributed by atoms with Crippen molar-refractivity contribution in [1.82, 2.24) is 0 Å². The molecular formula is C14H9FN2O3. The van der Waals surface area contributed by atoms with Crippen LogP contribution in [0.15, 0.2) is 42.5 Å². The molecule has 0 bridgehead atoms. The van der Waals surface area contributed by atoms with E-state index in [4.69, 9.17) is 10.00 Å². The lowest BCUT2D eigenvalue weighted by Gasteiger charge is -2.08. The van der Waals surface area contributed by atoms with E-state index in [-0.39, 0.29) is 29.2 Å². The van der Waals surface area contributed by atoms with Gasteiger partial charge in [0.15, 0.2) is 5.75 Å². The van der Waals surface area contributed by atoms with E-state index in [9.17, 15) is 14.5 Å². The van der Waals surface area contributed by atoms with Gasteiger partial charge in [-0.15, -0.1) is 0 Å². The molecule has 0 heterocycles. The lowest BCUT2D eigenvalue weighted by Crippen LogP contribution is -2.02. The van der Waals surface area contributed by atoms with Crippen molar-refractivity contribution in [2.45, 2.75) is 6.61 Å². The Kier molecular flexibility index (Phi) is 3.91. The lowest BCUT2D eigenvalue weighted by molar-refractivity contribution is -0.385. The zero-order chi connectivity index (χ0) is 14.5. The maximum atomic E-state index is 13.8. The van der Waals surface area contributed by atoms with Crippen LogP contribution in [-0.2, 0) is 6.61 Å². The SMILES string of the molecule is N#Cc1cccc(COc2ccccc2[N+](=O)[O-])c1F. The summed E-state index contributed by atoms with van der Waals surface area (Å²) in [6.07, 6.45) is 0. The maximum absolute atomic E-state index is 13.8. The Morgan fingerprint density at radius 1 is 1.25 bits per heavy atom. The molecule has 0 aromatic heterocycles. The molecule has 0 saturated heterocycles. The van der Waals surface area contributed by atoms with E-state index in [1.165, 1.54) is 36.4 Å². The maximum Gasteiger partial charge on any atom is 0.310 e. The standard InChI is InChI=1S/C14H9FN2O3/c15-14-10(8-16)4-3-5-11(14)9-20-13-7-2-1-6-12(13)17(18)19/h1-7H,9H2. The second kappa shape index (κ2) is 5.80. The lowest BCUT2D eigenvalue weighted by atomic mass is 10.1. The highest BCUT2D eigenvalue weighted by Gasteiger charge is 2.15. The summed E-state index contributed by atoms with van der Waals surface area (Å²) in [7, 11) is 0. The van der Waals surface area contributed by atoms with Gasteiger partial charge < -0.3 is 4.74 Å².